The molecule has 12 heteroatoms. The molecule has 5 N–H and O–H groups in total. The lowest BCUT2D eigenvalue weighted by molar-refractivity contribution is -0.140. The van der Waals surface area contributed by atoms with Gasteiger partial charge in [-0.05, 0) is 51.4 Å². The summed E-state index contributed by atoms with van der Waals surface area (Å²) in [5.41, 5.74) is -1.29. The van der Waals surface area contributed by atoms with Crippen LogP contribution in [0.15, 0.2) is 0 Å². The molecule has 34 heavy (non-hydrogen) atoms. The van der Waals surface area contributed by atoms with E-state index in [-0.39, 0.29) is 48.4 Å². The number of hydrogen-bond donors (Lipinski definition) is 5. The Morgan fingerprint density at radius 2 is 1.79 bits per heavy atom. The number of halogens is 4. The molecule has 8 nitrogen and oxygen atoms in total. The van der Waals surface area contributed by atoms with E-state index in [1.54, 1.807) is 0 Å². The van der Waals surface area contributed by atoms with Crippen LogP contribution in [0.5, 0.6) is 0 Å². The minimum Gasteiger partial charge on any atom is -0.391 e. The number of aliphatic hydroxyl groups is 1. The molecular formula is C22H34Cl2F2N4O4. The summed E-state index contributed by atoms with van der Waals surface area (Å²) in [6.45, 7) is 0.0372. The number of rotatable bonds is 7. The van der Waals surface area contributed by atoms with Crippen molar-refractivity contribution in [3.8, 4) is 0 Å². The second-order valence-corrected chi connectivity index (χ2v) is 11.4. The van der Waals surface area contributed by atoms with Gasteiger partial charge in [0.2, 0.25) is 11.8 Å². The van der Waals surface area contributed by atoms with E-state index in [0.717, 1.165) is 12.8 Å². The molecule has 5 unspecified atom stereocenters. The van der Waals surface area contributed by atoms with Crippen molar-refractivity contribution in [1.29, 1.82) is 0 Å². The van der Waals surface area contributed by atoms with E-state index in [1.807, 2.05) is 0 Å². The van der Waals surface area contributed by atoms with Crippen LogP contribution in [0.25, 0.3) is 0 Å². The standard InChI is InChI=1S/C22H34Cl2F2N4O4/c23-13-2-1-12(7-14(13)24)34-11-18(32)29-22-5-3-21(4-6-22,8-17(22)31)30-20(33)16-10-27-15(9-28-16)19(25)26/h12-17,19,27-28,31H,1-11H2,(H,29,32)(H,30,33)/t12?,13?,14?,15?,16?,17-,21?,22?/m0/s1. The molecule has 1 aliphatic heterocycles. The summed E-state index contributed by atoms with van der Waals surface area (Å²) in [4.78, 5) is 25.4. The maximum absolute atomic E-state index is 12.8. The van der Waals surface area contributed by atoms with E-state index in [9.17, 15) is 23.5 Å². The molecule has 4 saturated carbocycles. The van der Waals surface area contributed by atoms with Crippen molar-refractivity contribution in [2.24, 2.45) is 0 Å². The van der Waals surface area contributed by atoms with E-state index < -0.39 is 35.7 Å². The molecular weight excluding hydrogens is 493 g/mol. The lowest BCUT2D eigenvalue weighted by Crippen LogP contribution is -2.72. The van der Waals surface area contributed by atoms with Gasteiger partial charge in [0.1, 0.15) is 6.61 Å². The summed E-state index contributed by atoms with van der Waals surface area (Å²) in [5, 5.41) is 22.3. The highest BCUT2D eigenvalue weighted by Crippen LogP contribution is 2.47. The SMILES string of the molecule is O=C(COC1CCC(Cl)C(Cl)C1)NC12CCC(NC(=O)C3CNC(C(F)F)CN3)(CC1)C[C@@H]2O. The van der Waals surface area contributed by atoms with Crippen LogP contribution in [0, 0.1) is 0 Å². The van der Waals surface area contributed by atoms with Crippen LogP contribution < -0.4 is 21.3 Å². The quantitative estimate of drug-likeness (QED) is 0.316. The van der Waals surface area contributed by atoms with E-state index in [1.165, 1.54) is 0 Å². The number of nitrogens with one attached hydrogen (secondary N) is 4. The maximum Gasteiger partial charge on any atom is 0.254 e. The number of alkyl halides is 4. The van der Waals surface area contributed by atoms with Crippen molar-refractivity contribution in [1.82, 2.24) is 21.3 Å². The molecule has 0 spiro atoms. The summed E-state index contributed by atoms with van der Waals surface area (Å²) in [6, 6.07) is -1.57. The highest BCUT2D eigenvalue weighted by molar-refractivity contribution is 6.30. The van der Waals surface area contributed by atoms with Gasteiger partial charge in [0.15, 0.2) is 0 Å². The second-order valence-electron chi connectivity index (χ2n) is 10.3. The number of fused-ring (bicyclic) bond motifs is 3. The summed E-state index contributed by atoms with van der Waals surface area (Å²) >= 11 is 12.3. The van der Waals surface area contributed by atoms with Gasteiger partial charge in [-0.15, -0.1) is 23.2 Å². The normalized spacial score (nSPS) is 42.4. The number of ether oxygens (including phenoxy) is 1. The van der Waals surface area contributed by atoms with Gasteiger partial charge in [-0.2, -0.15) is 0 Å². The third-order valence-corrected chi connectivity index (χ3v) is 9.12. The Labute approximate surface area is 208 Å². The Morgan fingerprint density at radius 1 is 1.06 bits per heavy atom. The number of amides is 2. The van der Waals surface area contributed by atoms with Crippen molar-refractivity contribution in [3.63, 3.8) is 0 Å². The number of hydrogen-bond acceptors (Lipinski definition) is 6. The maximum atomic E-state index is 12.8. The third kappa shape index (κ3) is 5.78. The number of carbonyl (C=O) groups is 2. The van der Waals surface area contributed by atoms with Crippen molar-refractivity contribution in [2.75, 3.05) is 19.7 Å². The van der Waals surface area contributed by atoms with Crippen LogP contribution in [0.3, 0.4) is 0 Å². The van der Waals surface area contributed by atoms with Crippen LogP contribution in [0.1, 0.15) is 51.4 Å². The number of aliphatic hydroxyl groups excluding tert-OH is 1. The van der Waals surface area contributed by atoms with E-state index >= 15 is 0 Å². The minimum absolute atomic E-state index is 0.0153. The Bertz CT molecular complexity index is 748. The zero-order valence-corrected chi connectivity index (χ0v) is 20.5. The molecule has 2 amide bonds. The zero-order chi connectivity index (χ0) is 24.5. The lowest BCUT2D eigenvalue weighted by Gasteiger charge is -2.56. The molecule has 194 valence electrons. The molecule has 0 aromatic rings. The Morgan fingerprint density at radius 3 is 2.38 bits per heavy atom. The molecule has 0 aromatic carbocycles. The predicted molar refractivity (Wildman–Crippen MR) is 123 cm³/mol. The largest absolute Gasteiger partial charge is 0.391 e. The molecule has 1 saturated heterocycles. The van der Waals surface area contributed by atoms with Crippen LogP contribution in [0.4, 0.5) is 8.78 Å². The fourth-order valence-corrected chi connectivity index (χ4v) is 6.31. The first-order valence-electron chi connectivity index (χ1n) is 12.1. The molecule has 0 aromatic heterocycles. The Kier molecular flexibility index (Phi) is 8.26. The van der Waals surface area contributed by atoms with Crippen molar-refractivity contribution >= 4 is 35.0 Å². The minimum atomic E-state index is -2.49. The summed E-state index contributed by atoms with van der Waals surface area (Å²) in [5.74, 6) is -0.536. The summed E-state index contributed by atoms with van der Waals surface area (Å²) in [7, 11) is 0. The summed E-state index contributed by atoms with van der Waals surface area (Å²) in [6.07, 6.45) is 1.33. The predicted octanol–water partition coefficient (Wildman–Crippen LogP) is 1.01. The number of carbonyl (C=O) groups excluding carboxylic acids is 2. The molecule has 2 bridgehead atoms. The Balaban J connectivity index is 1.24. The second kappa shape index (κ2) is 10.7. The van der Waals surface area contributed by atoms with Gasteiger partial charge >= 0.3 is 0 Å². The first kappa shape index (κ1) is 26.3. The number of piperazine rings is 1. The highest BCUT2D eigenvalue weighted by Gasteiger charge is 2.55. The van der Waals surface area contributed by atoms with E-state index in [2.05, 4.69) is 21.3 Å². The third-order valence-electron chi connectivity index (χ3n) is 7.98. The van der Waals surface area contributed by atoms with Gasteiger partial charge in [0.05, 0.1) is 40.6 Å². The van der Waals surface area contributed by atoms with Crippen molar-refractivity contribution in [2.45, 2.75) is 104 Å². The molecule has 0 radical (unpaired) electrons. The smallest absolute Gasteiger partial charge is 0.254 e. The summed E-state index contributed by atoms with van der Waals surface area (Å²) < 4.78 is 31.4. The van der Waals surface area contributed by atoms with Gasteiger partial charge < -0.3 is 31.1 Å². The van der Waals surface area contributed by atoms with Crippen LogP contribution >= 0.6 is 23.2 Å². The van der Waals surface area contributed by atoms with Gasteiger partial charge in [-0.3, -0.25) is 9.59 Å². The average Bonchev–Trinajstić information content (AvgIpc) is 2.81. The topological polar surface area (TPSA) is 112 Å². The first-order chi connectivity index (χ1) is 16.1. The van der Waals surface area contributed by atoms with Crippen LogP contribution in [-0.4, -0.2) is 89.2 Å². The first-order valence-corrected chi connectivity index (χ1v) is 12.9. The van der Waals surface area contributed by atoms with Gasteiger partial charge in [0, 0.05) is 18.6 Å². The fraction of sp³-hybridized carbons (Fsp3) is 0.909. The fourth-order valence-electron chi connectivity index (χ4n) is 5.76. The van der Waals surface area contributed by atoms with E-state index in [4.69, 9.17) is 27.9 Å². The monoisotopic (exact) mass is 526 g/mol. The molecule has 5 aliphatic rings. The van der Waals surface area contributed by atoms with Gasteiger partial charge in [0.25, 0.3) is 6.43 Å². The van der Waals surface area contributed by atoms with Crippen molar-refractivity contribution in [3.05, 3.63) is 0 Å². The molecule has 5 rings (SSSR count). The van der Waals surface area contributed by atoms with Gasteiger partial charge in [-0.1, -0.05) is 0 Å². The Hall–Kier alpha value is -0.780. The highest BCUT2D eigenvalue weighted by atomic mass is 35.5. The van der Waals surface area contributed by atoms with Crippen molar-refractivity contribution < 1.29 is 28.2 Å². The lowest BCUT2D eigenvalue weighted by atomic mass is 9.59. The zero-order valence-electron chi connectivity index (χ0n) is 19.0. The van der Waals surface area contributed by atoms with Crippen LogP contribution in [0.2, 0.25) is 0 Å². The van der Waals surface area contributed by atoms with Gasteiger partial charge in [-0.25, -0.2) is 8.78 Å². The molecule has 5 fully saturated rings. The molecule has 1 heterocycles. The molecule has 6 atom stereocenters. The molecule has 4 aliphatic carbocycles. The van der Waals surface area contributed by atoms with Crippen LogP contribution in [-0.2, 0) is 14.3 Å². The average molecular weight is 527 g/mol. The van der Waals surface area contributed by atoms with E-state index in [0.29, 0.717) is 38.5 Å².